The molecule has 0 N–H and O–H groups in total. The Morgan fingerprint density at radius 3 is 0.833 bits per heavy atom. The first-order chi connectivity index (χ1) is 35.3. The summed E-state index contributed by atoms with van der Waals surface area (Å²) in [5.74, 6) is 1.54. The number of halogens is 2. The molecular weight excluding hydrogens is 1010 g/mol. The number of anilines is 2. The second-order valence-electron chi connectivity index (χ2n) is 22.8. The molecule has 0 atom stereocenters. The van der Waals surface area contributed by atoms with Crippen LogP contribution in [-0.2, 0) is 9.59 Å². The van der Waals surface area contributed by atoms with Gasteiger partial charge in [-0.3, -0.25) is 9.59 Å². The first-order valence-electron chi connectivity index (χ1n) is 31.3. The molecule has 0 saturated carbocycles. The van der Waals surface area contributed by atoms with Gasteiger partial charge in [0, 0.05) is 33.2 Å². The molecule has 0 aliphatic carbocycles. The van der Waals surface area contributed by atoms with Crippen molar-refractivity contribution >= 4 is 66.2 Å². The van der Waals surface area contributed by atoms with Gasteiger partial charge in [0.2, 0.25) is 0 Å². The fraction of sp³-hybridized carbons (Fsp3) is 0.758. The maximum absolute atomic E-state index is 14.9. The van der Waals surface area contributed by atoms with Crippen LogP contribution < -0.4 is 9.80 Å². The quantitative estimate of drug-likeness (QED) is 0.0490. The van der Waals surface area contributed by atoms with Crippen LogP contribution in [0.2, 0.25) is 0 Å². The lowest BCUT2D eigenvalue weighted by Crippen LogP contribution is -2.30. The predicted octanol–water partition coefficient (Wildman–Crippen LogP) is 22.5. The summed E-state index contributed by atoms with van der Waals surface area (Å²) in [6, 6.07) is 12.4. The zero-order chi connectivity index (χ0) is 51.4. The highest BCUT2D eigenvalue weighted by atomic mass is 79.9. The van der Waals surface area contributed by atoms with Crippen molar-refractivity contribution < 1.29 is 9.59 Å². The van der Waals surface area contributed by atoms with Gasteiger partial charge in [0.05, 0.1) is 22.5 Å². The van der Waals surface area contributed by atoms with E-state index in [1.165, 1.54) is 244 Å². The van der Waals surface area contributed by atoms with Crippen LogP contribution in [0.1, 0.15) is 308 Å². The molecule has 0 aromatic heterocycles. The summed E-state index contributed by atoms with van der Waals surface area (Å²) in [6.45, 7) is 10.6. The van der Waals surface area contributed by atoms with Crippen LogP contribution in [0.25, 0.3) is 11.1 Å². The molecule has 2 aliphatic heterocycles. The van der Waals surface area contributed by atoms with Gasteiger partial charge in [-0.25, -0.2) is 0 Å². The van der Waals surface area contributed by atoms with E-state index in [0.717, 1.165) is 69.0 Å². The molecule has 0 saturated heterocycles. The average molecular weight is 1120 g/mol. The molecule has 2 aromatic rings. The molecule has 4 nitrogen and oxygen atoms in total. The van der Waals surface area contributed by atoms with Crippen LogP contribution in [0.4, 0.5) is 11.4 Å². The number of hydrogen-bond acceptors (Lipinski definition) is 2. The van der Waals surface area contributed by atoms with Crippen molar-refractivity contribution in [2.45, 2.75) is 297 Å². The van der Waals surface area contributed by atoms with Gasteiger partial charge in [-0.2, -0.15) is 0 Å². The second-order valence-corrected chi connectivity index (χ2v) is 24.6. The van der Waals surface area contributed by atoms with Crippen molar-refractivity contribution in [2.75, 3.05) is 22.9 Å². The fourth-order valence-electron chi connectivity index (χ4n) is 12.1. The number of fused-ring (bicyclic) bond motifs is 2. The Labute approximate surface area is 461 Å². The number of hydrogen-bond donors (Lipinski definition) is 0. The van der Waals surface area contributed by atoms with Gasteiger partial charge in [-0.1, -0.05) is 329 Å². The Morgan fingerprint density at radius 2 is 0.569 bits per heavy atom. The molecule has 72 heavy (non-hydrogen) atoms. The standard InChI is InChI=1S/C66H108Br2N2O2/c1-5-9-13-17-21-25-29-33-41-55(42-34-30-26-22-18-14-10-6-2)45-37-39-51-69-61-53-57(67)47-49-59(61)63(65(69)71)64-60-50-48-58(68)54-62(60)70(66(64)72)52-40-38-46-56(43-35-31-27-23-19-15-11-7-3)44-36-32-28-24-20-16-12-8-4/h47-50,53-56H,5-46,51-52H2,1-4H3/b64-63-. The number of unbranched alkanes of at least 4 members (excludes halogenated alkanes) is 30. The van der Waals surface area contributed by atoms with Gasteiger partial charge in [0.1, 0.15) is 0 Å². The molecule has 2 aliphatic rings. The van der Waals surface area contributed by atoms with Crippen LogP contribution in [0.3, 0.4) is 0 Å². The van der Waals surface area contributed by atoms with Gasteiger partial charge >= 0.3 is 0 Å². The van der Waals surface area contributed by atoms with Crippen molar-refractivity contribution in [3.8, 4) is 0 Å². The van der Waals surface area contributed by atoms with Crippen LogP contribution >= 0.6 is 31.9 Å². The van der Waals surface area contributed by atoms with Crippen molar-refractivity contribution in [3.63, 3.8) is 0 Å². The van der Waals surface area contributed by atoms with E-state index in [1.807, 2.05) is 21.9 Å². The summed E-state index contributed by atoms with van der Waals surface area (Å²) < 4.78 is 1.93. The number of benzene rings is 2. The maximum Gasteiger partial charge on any atom is 0.259 e. The normalized spacial score (nSPS) is 14.6. The highest BCUT2D eigenvalue weighted by Gasteiger charge is 2.42. The van der Waals surface area contributed by atoms with E-state index in [9.17, 15) is 9.59 Å². The van der Waals surface area contributed by atoms with Crippen molar-refractivity contribution in [2.24, 2.45) is 11.8 Å². The Kier molecular flexibility index (Phi) is 34.3. The topological polar surface area (TPSA) is 40.6 Å². The molecule has 408 valence electrons. The zero-order valence-electron chi connectivity index (χ0n) is 47.2. The Bertz CT molecular complexity index is 1620. The number of amides is 2. The van der Waals surface area contributed by atoms with Crippen molar-refractivity contribution in [1.82, 2.24) is 0 Å². The SMILES string of the molecule is CCCCCCCCCCC(CCCCCCCCCC)CCCCN1C(=O)/C(=C2\C(=O)N(CCCCC(CCCCCCCCCC)CCCCCCCCCC)c3cc(Br)ccc32)c2ccc(Br)cc21. The molecule has 0 fully saturated rings. The smallest absolute Gasteiger partial charge is 0.259 e. The van der Waals surface area contributed by atoms with Crippen LogP contribution in [0, 0.1) is 11.8 Å². The second kappa shape index (κ2) is 39.5. The van der Waals surface area contributed by atoms with Crippen LogP contribution in [0.15, 0.2) is 45.3 Å². The lowest BCUT2D eigenvalue weighted by Gasteiger charge is -2.20. The molecular formula is C66H108Br2N2O2. The maximum atomic E-state index is 14.9. The van der Waals surface area contributed by atoms with Gasteiger partial charge < -0.3 is 9.80 Å². The summed E-state index contributed by atoms with van der Waals surface area (Å²) in [5.41, 5.74) is 4.85. The molecule has 0 radical (unpaired) electrons. The van der Waals surface area contributed by atoms with E-state index in [1.54, 1.807) is 0 Å². The summed E-state index contributed by atoms with van der Waals surface area (Å²) >= 11 is 7.49. The van der Waals surface area contributed by atoms with Crippen molar-refractivity contribution in [3.05, 3.63) is 56.5 Å². The van der Waals surface area contributed by atoms with Crippen LogP contribution in [-0.4, -0.2) is 24.9 Å². The monoisotopic (exact) mass is 1120 g/mol. The molecule has 0 spiro atoms. The van der Waals surface area contributed by atoms with Gasteiger partial charge in [0.15, 0.2) is 0 Å². The predicted molar refractivity (Wildman–Crippen MR) is 323 cm³/mol. The molecule has 2 heterocycles. The number of carbonyl (C=O) groups is 2. The largest absolute Gasteiger partial charge is 0.308 e. The zero-order valence-corrected chi connectivity index (χ0v) is 50.4. The van der Waals surface area contributed by atoms with E-state index in [2.05, 4.69) is 83.8 Å². The lowest BCUT2D eigenvalue weighted by molar-refractivity contribution is -0.114. The van der Waals surface area contributed by atoms with E-state index < -0.39 is 0 Å². The minimum Gasteiger partial charge on any atom is -0.308 e. The third kappa shape index (κ3) is 23.5. The number of nitrogens with zero attached hydrogens (tertiary/aromatic N) is 2. The first kappa shape index (κ1) is 62.6. The van der Waals surface area contributed by atoms with Gasteiger partial charge in [0.25, 0.3) is 11.8 Å². The van der Waals surface area contributed by atoms with Crippen LogP contribution in [0.5, 0.6) is 0 Å². The highest BCUT2D eigenvalue weighted by Crippen LogP contribution is 2.48. The van der Waals surface area contributed by atoms with E-state index in [0.29, 0.717) is 24.2 Å². The summed E-state index contributed by atoms with van der Waals surface area (Å²) in [7, 11) is 0. The number of rotatable bonds is 46. The third-order valence-electron chi connectivity index (χ3n) is 16.6. The molecule has 6 heteroatoms. The highest BCUT2D eigenvalue weighted by molar-refractivity contribution is 9.10. The molecule has 4 rings (SSSR count). The molecule has 0 bridgehead atoms. The Balaban J connectivity index is 1.38. The minimum absolute atomic E-state index is 0.0126. The number of carbonyl (C=O) groups excluding carboxylic acids is 2. The molecule has 0 unspecified atom stereocenters. The first-order valence-corrected chi connectivity index (χ1v) is 32.9. The van der Waals surface area contributed by atoms with Crippen molar-refractivity contribution in [1.29, 1.82) is 0 Å². The van der Waals surface area contributed by atoms with Gasteiger partial charge in [-0.15, -0.1) is 0 Å². The third-order valence-corrected chi connectivity index (χ3v) is 17.5. The Morgan fingerprint density at radius 1 is 0.333 bits per heavy atom. The van der Waals surface area contributed by atoms with E-state index in [-0.39, 0.29) is 11.8 Å². The fourth-order valence-corrected chi connectivity index (χ4v) is 12.8. The molecule has 2 amide bonds. The van der Waals surface area contributed by atoms with Gasteiger partial charge in [-0.05, 0) is 48.9 Å². The summed E-state index contributed by atoms with van der Waals surface area (Å²) in [4.78, 5) is 33.7. The molecule has 2 aromatic carbocycles. The van der Waals surface area contributed by atoms with E-state index in [4.69, 9.17) is 0 Å². The minimum atomic E-state index is -0.0126. The lowest BCUT2D eigenvalue weighted by atomic mass is 9.89. The summed E-state index contributed by atoms with van der Waals surface area (Å²) in [5, 5.41) is 0. The Hall–Kier alpha value is -1.92. The van der Waals surface area contributed by atoms with E-state index >= 15 is 0 Å². The average Bonchev–Trinajstić information content (AvgIpc) is 3.79. The summed E-state index contributed by atoms with van der Waals surface area (Å²) in [6.07, 6.45) is 56.3.